The summed E-state index contributed by atoms with van der Waals surface area (Å²) in [6.07, 6.45) is 0. The molecule has 0 aromatic heterocycles. The third kappa shape index (κ3) is 2.30. The minimum atomic E-state index is -0.649. The van der Waals surface area contributed by atoms with Crippen LogP contribution in [0.2, 0.25) is 0 Å². The van der Waals surface area contributed by atoms with Crippen molar-refractivity contribution in [3.05, 3.63) is 32.6 Å². The second kappa shape index (κ2) is 4.84. The summed E-state index contributed by atoms with van der Waals surface area (Å²) in [7, 11) is 0. The number of benzene rings is 1. The minimum Gasteiger partial charge on any atom is -0.293 e. The number of carbonyl (C=O) groups is 1. The van der Waals surface area contributed by atoms with Crippen LogP contribution in [0.1, 0.15) is 15.9 Å². The molecule has 0 fully saturated rings. The maximum Gasteiger partial charge on any atom is 0.173 e. The maximum atomic E-state index is 13.2. The SMILES string of the molecule is N#Cc1c(F)cc(C(=O)CBr)cc1I. The van der Waals surface area contributed by atoms with Gasteiger partial charge in [0.2, 0.25) is 0 Å². The molecule has 1 aromatic rings. The van der Waals surface area contributed by atoms with Crippen molar-refractivity contribution in [3.8, 4) is 6.07 Å². The van der Waals surface area contributed by atoms with Crippen LogP contribution in [0.5, 0.6) is 0 Å². The summed E-state index contributed by atoms with van der Waals surface area (Å²) >= 11 is 4.83. The molecule has 0 bridgehead atoms. The van der Waals surface area contributed by atoms with Gasteiger partial charge in [-0.2, -0.15) is 5.26 Å². The number of rotatable bonds is 2. The zero-order chi connectivity index (χ0) is 10.7. The van der Waals surface area contributed by atoms with Crippen molar-refractivity contribution in [2.24, 2.45) is 0 Å². The normalized spacial score (nSPS) is 9.57. The average molecular weight is 368 g/mol. The Kier molecular flexibility index (Phi) is 4.01. The first-order chi connectivity index (χ1) is 6.60. The van der Waals surface area contributed by atoms with Crippen molar-refractivity contribution in [3.63, 3.8) is 0 Å². The van der Waals surface area contributed by atoms with Crippen LogP contribution < -0.4 is 0 Å². The van der Waals surface area contributed by atoms with E-state index in [1.54, 1.807) is 6.07 Å². The van der Waals surface area contributed by atoms with E-state index in [0.717, 1.165) is 6.07 Å². The number of nitriles is 1. The lowest BCUT2D eigenvalue weighted by Crippen LogP contribution is -2.02. The van der Waals surface area contributed by atoms with Gasteiger partial charge in [-0.05, 0) is 34.7 Å². The predicted octanol–water partition coefficient (Wildman–Crippen LogP) is 2.88. The predicted molar refractivity (Wildman–Crippen MR) is 62.0 cm³/mol. The van der Waals surface area contributed by atoms with Gasteiger partial charge in [0.15, 0.2) is 5.78 Å². The molecule has 0 spiro atoms. The number of ketones is 1. The molecule has 72 valence electrons. The quantitative estimate of drug-likeness (QED) is 0.458. The molecule has 14 heavy (non-hydrogen) atoms. The molecule has 0 N–H and O–H groups in total. The Labute approximate surface area is 102 Å². The lowest BCUT2D eigenvalue weighted by Gasteiger charge is -2.01. The molecule has 0 aliphatic rings. The molecule has 0 heterocycles. The number of nitrogens with zero attached hydrogens (tertiary/aromatic N) is 1. The van der Waals surface area contributed by atoms with Gasteiger partial charge in [0, 0.05) is 9.13 Å². The molecule has 5 heteroatoms. The molecule has 0 unspecified atom stereocenters. The molecular weight excluding hydrogens is 364 g/mol. The molecule has 0 saturated carbocycles. The highest BCUT2D eigenvalue weighted by atomic mass is 127. The molecule has 0 aliphatic carbocycles. The van der Waals surface area contributed by atoms with Crippen molar-refractivity contribution >= 4 is 44.3 Å². The molecule has 0 aliphatic heterocycles. The van der Waals surface area contributed by atoms with E-state index in [1.807, 2.05) is 22.6 Å². The van der Waals surface area contributed by atoms with Crippen molar-refractivity contribution in [1.29, 1.82) is 5.26 Å². The standard InChI is InChI=1S/C9H4BrFINO/c10-3-9(14)5-1-7(11)6(4-13)8(12)2-5/h1-2H,3H2. The van der Waals surface area contributed by atoms with Crippen molar-refractivity contribution < 1.29 is 9.18 Å². The van der Waals surface area contributed by atoms with Gasteiger partial charge in [0.05, 0.1) is 5.33 Å². The molecule has 1 aromatic carbocycles. The van der Waals surface area contributed by atoms with Crippen LogP contribution in [-0.4, -0.2) is 11.1 Å². The van der Waals surface area contributed by atoms with E-state index < -0.39 is 5.82 Å². The number of hydrogen-bond acceptors (Lipinski definition) is 2. The van der Waals surface area contributed by atoms with E-state index in [4.69, 9.17) is 5.26 Å². The van der Waals surface area contributed by atoms with E-state index in [1.165, 1.54) is 6.07 Å². The first kappa shape index (κ1) is 11.6. The van der Waals surface area contributed by atoms with E-state index >= 15 is 0 Å². The van der Waals surface area contributed by atoms with Gasteiger partial charge in [0.25, 0.3) is 0 Å². The highest BCUT2D eigenvalue weighted by Gasteiger charge is 2.12. The van der Waals surface area contributed by atoms with Gasteiger partial charge in [0.1, 0.15) is 17.4 Å². The van der Waals surface area contributed by atoms with Crippen molar-refractivity contribution in [2.45, 2.75) is 0 Å². The molecule has 0 radical (unpaired) electrons. The first-order valence-electron chi connectivity index (χ1n) is 3.58. The van der Waals surface area contributed by atoms with Gasteiger partial charge >= 0.3 is 0 Å². The lowest BCUT2D eigenvalue weighted by molar-refractivity contribution is 0.102. The summed E-state index contributed by atoms with van der Waals surface area (Å²) in [5.41, 5.74) is 0.263. The number of alkyl halides is 1. The van der Waals surface area contributed by atoms with Crippen LogP contribution in [0.25, 0.3) is 0 Å². The minimum absolute atomic E-state index is 0.0169. The van der Waals surface area contributed by atoms with E-state index in [9.17, 15) is 9.18 Å². The van der Waals surface area contributed by atoms with Crippen LogP contribution in [0.15, 0.2) is 12.1 Å². The second-order valence-electron chi connectivity index (χ2n) is 2.48. The summed E-state index contributed by atoms with van der Waals surface area (Å²) in [5.74, 6) is -0.852. The Morgan fingerprint density at radius 3 is 2.71 bits per heavy atom. The van der Waals surface area contributed by atoms with Crippen LogP contribution in [0.3, 0.4) is 0 Å². The van der Waals surface area contributed by atoms with Gasteiger partial charge in [-0.1, -0.05) is 15.9 Å². The summed E-state index contributed by atoms with van der Waals surface area (Å²) in [4.78, 5) is 11.2. The highest BCUT2D eigenvalue weighted by Crippen LogP contribution is 2.18. The molecule has 1 rings (SSSR count). The molecular formula is C9H4BrFINO. The topological polar surface area (TPSA) is 40.9 Å². The zero-order valence-corrected chi connectivity index (χ0v) is 10.6. The Morgan fingerprint density at radius 1 is 1.64 bits per heavy atom. The van der Waals surface area contributed by atoms with Crippen LogP contribution in [-0.2, 0) is 0 Å². The smallest absolute Gasteiger partial charge is 0.173 e. The monoisotopic (exact) mass is 367 g/mol. The van der Waals surface area contributed by atoms with Crippen LogP contribution >= 0.6 is 38.5 Å². The Hall–Kier alpha value is -0.480. The fourth-order valence-electron chi connectivity index (χ4n) is 0.918. The first-order valence-corrected chi connectivity index (χ1v) is 5.78. The Bertz CT molecular complexity index is 404. The average Bonchev–Trinajstić information content (AvgIpc) is 2.16. The molecule has 2 nitrogen and oxygen atoms in total. The van der Waals surface area contributed by atoms with Crippen molar-refractivity contribution in [1.82, 2.24) is 0 Å². The third-order valence-corrected chi connectivity index (χ3v) is 2.96. The van der Waals surface area contributed by atoms with E-state index in [-0.39, 0.29) is 22.2 Å². The largest absolute Gasteiger partial charge is 0.293 e. The lowest BCUT2D eigenvalue weighted by atomic mass is 10.1. The molecule has 0 atom stereocenters. The molecule has 0 saturated heterocycles. The van der Waals surface area contributed by atoms with Crippen LogP contribution in [0.4, 0.5) is 4.39 Å². The van der Waals surface area contributed by atoms with E-state index in [2.05, 4.69) is 15.9 Å². The third-order valence-electron chi connectivity index (χ3n) is 1.60. The molecule has 0 amide bonds. The number of Topliss-reactive ketones (excluding diaryl/α,β-unsaturated/α-hetero) is 1. The second-order valence-corrected chi connectivity index (χ2v) is 4.21. The Morgan fingerprint density at radius 2 is 2.29 bits per heavy atom. The summed E-state index contributed by atoms with van der Waals surface area (Å²) < 4.78 is 13.7. The fourth-order valence-corrected chi connectivity index (χ4v) is 1.96. The number of halogens is 3. The summed E-state index contributed by atoms with van der Waals surface area (Å²) in [5, 5.41) is 8.74. The van der Waals surface area contributed by atoms with Gasteiger partial charge in [-0.25, -0.2) is 4.39 Å². The van der Waals surface area contributed by atoms with E-state index in [0.29, 0.717) is 3.57 Å². The highest BCUT2D eigenvalue weighted by molar-refractivity contribution is 14.1. The maximum absolute atomic E-state index is 13.2. The number of carbonyl (C=O) groups excluding carboxylic acids is 1. The number of hydrogen-bond donors (Lipinski definition) is 0. The van der Waals surface area contributed by atoms with Crippen molar-refractivity contribution in [2.75, 3.05) is 5.33 Å². The van der Waals surface area contributed by atoms with Crippen LogP contribution in [0, 0.1) is 20.7 Å². The van der Waals surface area contributed by atoms with Gasteiger partial charge < -0.3 is 0 Å². The fraction of sp³-hybridized carbons (Fsp3) is 0.111. The van der Waals surface area contributed by atoms with Gasteiger partial charge in [-0.15, -0.1) is 0 Å². The summed E-state index contributed by atoms with van der Waals surface area (Å²) in [6.45, 7) is 0. The summed E-state index contributed by atoms with van der Waals surface area (Å²) in [6, 6.07) is 4.34. The van der Waals surface area contributed by atoms with Gasteiger partial charge in [-0.3, -0.25) is 4.79 Å². The zero-order valence-electron chi connectivity index (χ0n) is 6.85. The Balaban J connectivity index is 3.29.